The summed E-state index contributed by atoms with van der Waals surface area (Å²) in [7, 11) is 0. The Morgan fingerprint density at radius 2 is 0.647 bits per heavy atom. The van der Waals surface area contributed by atoms with Crippen LogP contribution < -0.4 is 0 Å². The van der Waals surface area contributed by atoms with Crippen molar-refractivity contribution in [3.8, 4) is 0 Å². The number of rotatable bonds is 50. The maximum atomic E-state index is 12.8. The van der Waals surface area contributed by atoms with Gasteiger partial charge in [0.05, 0.1) is 0 Å². The molecular formula is C62H104O6. The van der Waals surface area contributed by atoms with Crippen LogP contribution in [0.5, 0.6) is 0 Å². The molecule has 0 aliphatic carbocycles. The van der Waals surface area contributed by atoms with E-state index in [0.29, 0.717) is 19.3 Å². The molecule has 0 aliphatic heterocycles. The van der Waals surface area contributed by atoms with Crippen molar-refractivity contribution in [2.45, 2.75) is 264 Å². The van der Waals surface area contributed by atoms with E-state index in [-0.39, 0.29) is 31.1 Å². The Kier molecular flexibility index (Phi) is 52.9. The van der Waals surface area contributed by atoms with E-state index >= 15 is 0 Å². The average molecular weight is 946 g/mol. The predicted molar refractivity (Wildman–Crippen MR) is 293 cm³/mol. The molecule has 6 nitrogen and oxygen atoms in total. The number of esters is 3. The van der Waals surface area contributed by atoms with Gasteiger partial charge in [0.1, 0.15) is 13.2 Å². The lowest BCUT2D eigenvalue weighted by Gasteiger charge is -2.18. The van der Waals surface area contributed by atoms with Gasteiger partial charge in [-0.25, -0.2) is 0 Å². The summed E-state index contributed by atoms with van der Waals surface area (Å²) >= 11 is 0. The van der Waals surface area contributed by atoms with Crippen LogP contribution in [0.3, 0.4) is 0 Å². The highest BCUT2D eigenvalue weighted by Crippen LogP contribution is 2.15. The van der Waals surface area contributed by atoms with Gasteiger partial charge in [-0.15, -0.1) is 0 Å². The summed E-state index contributed by atoms with van der Waals surface area (Å²) in [4.78, 5) is 38.1. The first-order chi connectivity index (χ1) is 33.5. The molecule has 388 valence electrons. The molecule has 0 aromatic heterocycles. The van der Waals surface area contributed by atoms with Crippen LogP contribution in [0.25, 0.3) is 0 Å². The van der Waals surface area contributed by atoms with Gasteiger partial charge < -0.3 is 14.2 Å². The second-order valence-electron chi connectivity index (χ2n) is 18.5. The van der Waals surface area contributed by atoms with Crippen LogP contribution in [0, 0.1) is 0 Å². The Morgan fingerprint density at radius 1 is 0.324 bits per heavy atom. The maximum absolute atomic E-state index is 12.8. The lowest BCUT2D eigenvalue weighted by Crippen LogP contribution is -2.30. The van der Waals surface area contributed by atoms with E-state index in [4.69, 9.17) is 14.2 Å². The topological polar surface area (TPSA) is 78.9 Å². The summed E-state index contributed by atoms with van der Waals surface area (Å²) in [5.41, 5.74) is 0. The van der Waals surface area contributed by atoms with Gasteiger partial charge in [0, 0.05) is 19.3 Å². The minimum Gasteiger partial charge on any atom is -0.462 e. The summed E-state index contributed by atoms with van der Waals surface area (Å²) in [6, 6.07) is 0. The van der Waals surface area contributed by atoms with Crippen molar-refractivity contribution in [2.24, 2.45) is 0 Å². The van der Waals surface area contributed by atoms with Gasteiger partial charge in [0.2, 0.25) is 0 Å². The Morgan fingerprint density at radius 3 is 1.09 bits per heavy atom. The molecule has 0 saturated carbocycles. The van der Waals surface area contributed by atoms with Gasteiger partial charge in [-0.2, -0.15) is 0 Å². The fourth-order valence-corrected chi connectivity index (χ4v) is 7.68. The molecule has 0 aromatic rings. The number of ether oxygens (including phenoxy) is 3. The fourth-order valence-electron chi connectivity index (χ4n) is 7.68. The summed E-state index contributed by atoms with van der Waals surface area (Å²) in [5, 5.41) is 0. The van der Waals surface area contributed by atoms with Crippen molar-refractivity contribution in [2.75, 3.05) is 13.2 Å². The molecule has 0 radical (unpaired) electrons. The monoisotopic (exact) mass is 945 g/mol. The van der Waals surface area contributed by atoms with E-state index in [1.165, 1.54) is 116 Å². The van der Waals surface area contributed by atoms with Gasteiger partial charge >= 0.3 is 17.9 Å². The number of unbranched alkanes of at least 4 members (excludes halogenated alkanes) is 26. The Balaban J connectivity index is 4.44. The SMILES string of the molecule is CC\C=C/C=C\C=C/CCCCCCCCCC(=O)OCC(COC(=O)CCCCCCCCCCC/C=C\C/C=C\C/C=C\CC)OC(=O)CCCCC/C=C\C=C/CCCCCCCCC. The van der Waals surface area contributed by atoms with Gasteiger partial charge in [-0.3, -0.25) is 14.4 Å². The predicted octanol–water partition coefficient (Wildman–Crippen LogP) is 18.9. The molecule has 6 heteroatoms. The zero-order valence-electron chi connectivity index (χ0n) is 44.3. The first-order valence-electron chi connectivity index (χ1n) is 28.3. The lowest BCUT2D eigenvalue weighted by molar-refractivity contribution is -0.167. The smallest absolute Gasteiger partial charge is 0.306 e. The second-order valence-corrected chi connectivity index (χ2v) is 18.5. The van der Waals surface area contributed by atoms with Crippen LogP contribution in [-0.2, 0) is 28.6 Å². The summed E-state index contributed by atoms with van der Waals surface area (Å²) in [6.07, 6.45) is 73.9. The van der Waals surface area contributed by atoms with Crippen molar-refractivity contribution in [3.63, 3.8) is 0 Å². The fraction of sp³-hybridized carbons (Fsp3) is 0.694. The molecule has 0 rings (SSSR count). The Labute approximate surface area is 419 Å². The number of carbonyl (C=O) groups is 3. The van der Waals surface area contributed by atoms with Gasteiger partial charge in [-0.1, -0.05) is 240 Å². The molecule has 0 aliphatic rings. The number of hydrogen-bond donors (Lipinski definition) is 0. The molecule has 0 fully saturated rings. The van der Waals surface area contributed by atoms with E-state index in [2.05, 4.69) is 118 Å². The third-order valence-electron chi connectivity index (χ3n) is 11.9. The van der Waals surface area contributed by atoms with Crippen molar-refractivity contribution >= 4 is 17.9 Å². The zero-order valence-corrected chi connectivity index (χ0v) is 44.3. The standard InChI is InChI=1S/C62H104O6/c1-4-7-10-13-16-19-22-25-28-30-31-32-35-37-40-43-46-49-52-55-61(64)67-58-59(57-66-60(63)54-51-48-45-42-39-36-33-27-24-21-18-15-12-9-6-3)68-62(65)56-53-50-47-44-41-38-34-29-26-23-20-17-14-11-8-5-2/h7,9-10,12,15-16,18-19,21,24-25,28-29,34,38,41,59H,4-6,8,11,13-14,17,20,22-23,26-27,30-33,35-37,39-40,42-58H2,1-3H3/b10-7-,12-9-,18-15-,19-16-,24-21-,28-25-,34-29-,41-38-. The first-order valence-corrected chi connectivity index (χ1v) is 28.3. The molecule has 68 heavy (non-hydrogen) atoms. The third kappa shape index (κ3) is 53.3. The van der Waals surface area contributed by atoms with Crippen LogP contribution in [0.2, 0.25) is 0 Å². The van der Waals surface area contributed by atoms with E-state index < -0.39 is 6.10 Å². The summed E-state index contributed by atoms with van der Waals surface area (Å²) in [6.45, 7) is 6.37. The van der Waals surface area contributed by atoms with E-state index in [9.17, 15) is 14.4 Å². The van der Waals surface area contributed by atoms with Crippen molar-refractivity contribution < 1.29 is 28.6 Å². The van der Waals surface area contributed by atoms with Crippen molar-refractivity contribution in [1.82, 2.24) is 0 Å². The van der Waals surface area contributed by atoms with Crippen LogP contribution >= 0.6 is 0 Å². The van der Waals surface area contributed by atoms with Crippen molar-refractivity contribution in [3.05, 3.63) is 97.2 Å². The van der Waals surface area contributed by atoms with Crippen LogP contribution in [-0.4, -0.2) is 37.2 Å². The molecule has 0 spiro atoms. The highest BCUT2D eigenvalue weighted by atomic mass is 16.6. The minimum absolute atomic E-state index is 0.0955. The van der Waals surface area contributed by atoms with E-state index in [0.717, 1.165) is 103 Å². The van der Waals surface area contributed by atoms with Gasteiger partial charge in [0.25, 0.3) is 0 Å². The first kappa shape index (κ1) is 64.3. The molecule has 1 unspecified atom stereocenters. The third-order valence-corrected chi connectivity index (χ3v) is 11.9. The summed E-state index contributed by atoms with van der Waals surface area (Å²) in [5.74, 6) is -0.937. The maximum Gasteiger partial charge on any atom is 0.306 e. The molecule has 0 N–H and O–H groups in total. The zero-order chi connectivity index (χ0) is 49.3. The van der Waals surface area contributed by atoms with Crippen LogP contribution in [0.15, 0.2) is 97.2 Å². The minimum atomic E-state index is -0.800. The molecule has 0 bridgehead atoms. The average Bonchev–Trinajstić information content (AvgIpc) is 3.34. The molecular weight excluding hydrogens is 841 g/mol. The highest BCUT2D eigenvalue weighted by molar-refractivity contribution is 5.71. The molecule has 1 atom stereocenters. The largest absolute Gasteiger partial charge is 0.462 e. The van der Waals surface area contributed by atoms with Crippen LogP contribution in [0.1, 0.15) is 258 Å². The number of carbonyl (C=O) groups excluding carboxylic acids is 3. The Hall–Kier alpha value is -3.67. The molecule has 0 aromatic carbocycles. The van der Waals surface area contributed by atoms with Crippen molar-refractivity contribution in [1.29, 1.82) is 0 Å². The van der Waals surface area contributed by atoms with E-state index in [1.807, 2.05) is 0 Å². The normalized spacial score (nSPS) is 12.8. The highest BCUT2D eigenvalue weighted by Gasteiger charge is 2.19. The van der Waals surface area contributed by atoms with Gasteiger partial charge in [-0.05, 0) is 96.3 Å². The Bertz CT molecular complexity index is 1360. The van der Waals surface area contributed by atoms with Crippen LogP contribution in [0.4, 0.5) is 0 Å². The number of hydrogen-bond acceptors (Lipinski definition) is 6. The molecule has 0 saturated heterocycles. The van der Waals surface area contributed by atoms with E-state index in [1.54, 1.807) is 0 Å². The molecule has 0 heterocycles. The second kappa shape index (κ2) is 55.9. The molecule has 0 amide bonds. The van der Waals surface area contributed by atoms with Gasteiger partial charge in [0.15, 0.2) is 6.10 Å². The lowest BCUT2D eigenvalue weighted by atomic mass is 10.1. The quantitative estimate of drug-likeness (QED) is 0.0199. The number of allylic oxidation sites excluding steroid dienone is 16. The summed E-state index contributed by atoms with van der Waals surface area (Å²) < 4.78 is 16.8.